The molecule has 1 aliphatic heterocycles. The summed E-state index contributed by atoms with van der Waals surface area (Å²) in [6, 6.07) is 23.1. The number of thioether (sulfide) groups is 2. The Morgan fingerprint density at radius 1 is 0.733 bits per heavy atom. The van der Waals surface area contributed by atoms with E-state index >= 15 is 0 Å². The summed E-state index contributed by atoms with van der Waals surface area (Å²) in [6.45, 7) is 3.11. The van der Waals surface area contributed by atoms with Crippen molar-refractivity contribution in [1.82, 2.24) is 5.32 Å². The number of hydrogen-bond acceptors (Lipinski definition) is 11. The Morgan fingerprint density at radius 2 is 1.20 bits per heavy atom. The highest BCUT2D eigenvalue weighted by Crippen LogP contribution is 2.40. The lowest BCUT2D eigenvalue weighted by atomic mass is 9.80. The monoisotopic (exact) mass is 646 g/mol. The van der Waals surface area contributed by atoms with Gasteiger partial charge in [0.25, 0.3) is 5.69 Å². The molecule has 4 rings (SSSR count). The van der Waals surface area contributed by atoms with E-state index in [9.17, 15) is 29.3 Å². The minimum Gasteiger partial charge on any atom is -0.461 e. The number of non-ortho nitro benzene ring substituents is 1. The van der Waals surface area contributed by atoms with Crippen LogP contribution < -0.4 is 5.32 Å². The molecule has 12 heteroatoms. The van der Waals surface area contributed by atoms with Crippen molar-refractivity contribution >= 4 is 51.4 Å². The third-order valence-electron chi connectivity index (χ3n) is 6.73. The van der Waals surface area contributed by atoms with Crippen molar-refractivity contribution in [3.63, 3.8) is 0 Å². The van der Waals surface area contributed by atoms with Gasteiger partial charge in [0.1, 0.15) is 13.2 Å². The van der Waals surface area contributed by atoms with Crippen molar-refractivity contribution in [3.8, 4) is 0 Å². The van der Waals surface area contributed by atoms with Gasteiger partial charge in [-0.1, -0.05) is 96.3 Å². The number of dihydropyridines is 1. The third kappa shape index (κ3) is 8.70. The van der Waals surface area contributed by atoms with Crippen LogP contribution in [-0.2, 0) is 19.1 Å². The lowest BCUT2D eigenvalue weighted by molar-refractivity contribution is -0.384. The van der Waals surface area contributed by atoms with Crippen molar-refractivity contribution in [2.24, 2.45) is 0 Å². The fraction of sp³-hybridized carbons (Fsp3) is 0.212. The first-order valence-electron chi connectivity index (χ1n) is 13.9. The highest BCUT2D eigenvalue weighted by Gasteiger charge is 2.38. The van der Waals surface area contributed by atoms with Crippen molar-refractivity contribution < 1.29 is 33.6 Å². The van der Waals surface area contributed by atoms with Crippen LogP contribution in [0.25, 0.3) is 0 Å². The summed E-state index contributed by atoms with van der Waals surface area (Å²) in [5.41, 5.74) is 2.15. The van der Waals surface area contributed by atoms with Crippen molar-refractivity contribution in [2.45, 2.75) is 19.8 Å². The van der Waals surface area contributed by atoms with Crippen molar-refractivity contribution in [2.75, 3.05) is 24.7 Å². The first-order valence-corrected chi connectivity index (χ1v) is 15.9. The van der Waals surface area contributed by atoms with E-state index in [1.165, 1.54) is 18.2 Å². The zero-order valence-corrected chi connectivity index (χ0v) is 26.2. The largest absolute Gasteiger partial charge is 0.461 e. The molecule has 0 fully saturated rings. The van der Waals surface area contributed by atoms with Crippen LogP contribution in [0.15, 0.2) is 107 Å². The molecule has 0 unspecified atom stereocenters. The second kappa shape index (κ2) is 15.9. The van der Waals surface area contributed by atoms with E-state index in [0.29, 0.717) is 28.1 Å². The first kappa shape index (κ1) is 33.2. The van der Waals surface area contributed by atoms with Gasteiger partial charge in [-0.15, -0.1) is 0 Å². The van der Waals surface area contributed by atoms with E-state index in [0.717, 1.165) is 23.5 Å². The molecule has 0 bridgehead atoms. The summed E-state index contributed by atoms with van der Waals surface area (Å²) < 4.78 is 11.1. The van der Waals surface area contributed by atoms with Gasteiger partial charge >= 0.3 is 11.9 Å². The molecule has 3 aromatic rings. The molecule has 0 aliphatic carbocycles. The molecule has 0 aromatic heterocycles. The number of esters is 2. The first-order chi connectivity index (χ1) is 21.7. The maximum atomic E-state index is 13.5. The van der Waals surface area contributed by atoms with E-state index in [1.54, 1.807) is 80.6 Å². The Kier molecular flexibility index (Phi) is 11.7. The predicted molar refractivity (Wildman–Crippen MR) is 173 cm³/mol. The molecule has 232 valence electrons. The number of hydrogen-bond donors (Lipinski definition) is 1. The van der Waals surface area contributed by atoms with Crippen LogP contribution in [0, 0.1) is 10.1 Å². The lowest BCUT2D eigenvalue weighted by Gasteiger charge is -2.30. The topological polar surface area (TPSA) is 142 Å². The van der Waals surface area contributed by atoms with Gasteiger partial charge in [0, 0.05) is 46.2 Å². The van der Waals surface area contributed by atoms with Gasteiger partial charge in [0.15, 0.2) is 0 Å². The van der Waals surface area contributed by atoms with Crippen LogP contribution in [0.1, 0.15) is 46.0 Å². The average molecular weight is 647 g/mol. The van der Waals surface area contributed by atoms with E-state index in [-0.39, 0.29) is 51.8 Å². The molecule has 0 saturated heterocycles. The second-order valence-electron chi connectivity index (χ2n) is 9.76. The van der Waals surface area contributed by atoms with Gasteiger partial charge in [-0.25, -0.2) is 9.59 Å². The van der Waals surface area contributed by atoms with E-state index in [2.05, 4.69) is 5.32 Å². The maximum Gasteiger partial charge on any atom is 0.336 e. The standard InChI is InChI=1S/C33H30N2O8S2/c1-21-27(30(36)42-16-18-44-32(38)23-10-5-3-6-11-23)29(25-14-9-15-26(20-25)35(40)41)28(22(2)34-21)31(37)43-17-19-45-33(39)24-12-7-4-8-13-24/h3-15,20,29,34H,16-19H2,1-2H3. The maximum absolute atomic E-state index is 13.5. The summed E-state index contributed by atoms with van der Waals surface area (Å²) in [7, 11) is 0. The molecular formula is C33H30N2O8S2. The summed E-state index contributed by atoms with van der Waals surface area (Å²) in [5.74, 6) is -2.13. The molecule has 1 aliphatic rings. The van der Waals surface area contributed by atoms with Crippen LogP contribution in [0.4, 0.5) is 5.69 Å². The predicted octanol–water partition coefficient (Wildman–Crippen LogP) is 6.06. The normalized spacial score (nSPS) is 13.2. The Labute approximate surface area is 268 Å². The third-order valence-corrected chi connectivity index (χ3v) is 8.47. The summed E-state index contributed by atoms with van der Waals surface area (Å²) in [4.78, 5) is 62.9. The lowest BCUT2D eigenvalue weighted by Crippen LogP contribution is -2.33. The minimum atomic E-state index is -1.04. The summed E-state index contributed by atoms with van der Waals surface area (Å²) in [5, 5.41) is 14.3. The molecule has 1 heterocycles. The quantitative estimate of drug-likeness (QED) is 0.106. The molecule has 0 spiro atoms. The molecule has 45 heavy (non-hydrogen) atoms. The molecule has 1 N–H and O–H groups in total. The number of carbonyl (C=O) groups is 4. The number of rotatable bonds is 12. The average Bonchev–Trinajstić information content (AvgIpc) is 3.05. The summed E-state index contributed by atoms with van der Waals surface area (Å²) in [6.07, 6.45) is 0. The van der Waals surface area contributed by atoms with Gasteiger partial charge < -0.3 is 14.8 Å². The zero-order chi connectivity index (χ0) is 32.3. The molecule has 0 saturated carbocycles. The Bertz CT molecular complexity index is 1560. The number of benzene rings is 3. The molecule has 3 aromatic carbocycles. The molecule has 0 radical (unpaired) electrons. The Hall–Kier alpha value is -4.68. The molecular weight excluding hydrogens is 617 g/mol. The molecule has 0 atom stereocenters. The van der Waals surface area contributed by atoms with E-state index < -0.39 is 22.8 Å². The Balaban J connectivity index is 1.49. The summed E-state index contributed by atoms with van der Waals surface area (Å²) >= 11 is 2.01. The number of carbonyl (C=O) groups excluding carboxylic acids is 4. The van der Waals surface area contributed by atoms with Crippen LogP contribution in [0.2, 0.25) is 0 Å². The number of ether oxygens (including phenoxy) is 2. The van der Waals surface area contributed by atoms with Crippen LogP contribution in [-0.4, -0.2) is 51.8 Å². The van der Waals surface area contributed by atoms with Crippen LogP contribution in [0.3, 0.4) is 0 Å². The molecule has 10 nitrogen and oxygen atoms in total. The molecule has 0 amide bonds. The number of allylic oxidation sites excluding steroid dienone is 2. The highest BCUT2D eigenvalue weighted by atomic mass is 32.2. The van der Waals surface area contributed by atoms with Gasteiger partial charge in [-0.05, 0) is 19.4 Å². The minimum absolute atomic E-state index is 0.0843. The van der Waals surface area contributed by atoms with Gasteiger partial charge in [0.2, 0.25) is 10.2 Å². The number of nitrogens with one attached hydrogen (secondary N) is 1. The van der Waals surface area contributed by atoms with Crippen molar-refractivity contribution in [1.29, 1.82) is 0 Å². The van der Waals surface area contributed by atoms with Gasteiger partial charge in [0.05, 0.1) is 22.0 Å². The van der Waals surface area contributed by atoms with Gasteiger partial charge in [-0.3, -0.25) is 19.7 Å². The van der Waals surface area contributed by atoms with Gasteiger partial charge in [-0.2, -0.15) is 0 Å². The second-order valence-corrected chi connectivity index (χ2v) is 11.9. The van der Waals surface area contributed by atoms with E-state index in [1.807, 2.05) is 0 Å². The fourth-order valence-electron chi connectivity index (χ4n) is 4.69. The smallest absolute Gasteiger partial charge is 0.336 e. The van der Waals surface area contributed by atoms with Crippen LogP contribution in [0.5, 0.6) is 0 Å². The Morgan fingerprint density at radius 3 is 1.64 bits per heavy atom. The zero-order valence-electron chi connectivity index (χ0n) is 24.5. The van der Waals surface area contributed by atoms with E-state index in [4.69, 9.17) is 9.47 Å². The number of nitro benzene ring substituents is 1. The van der Waals surface area contributed by atoms with Crippen molar-refractivity contribution in [3.05, 3.63) is 134 Å². The van der Waals surface area contributed by atoms with Crippen LogP contribution >= 0.6 is 23.5 Å². The number of nitro groups is 1. The number of nitrogens with zero attached hydrogens (tertiary/aromatic N) is 1. The highest BCUT2D eigenvalue weighted by molar-refractivity contribution is 8.14. The SMILES string of the molecule is CC1=C(C(=O)OCCSC(=O)c2ccccc2)C(c2cccc([N+](=O)[O-])c2)C(C(=O)OCCSC(=O)c2ccccc2)=C(C)N1. The fourth-order valence-corrected chi connectivity index (χ4v) is 6.00.